The maximum atomic E-state index is 14.7. The highest BCUT2D eigenvalue weighted by Crippen LogP contribution is 2.39. The van der Waals surface area contributed by atoms with Crippen LogP contribution in [0.3, 0.4) is 0 Å². The van der Waals surface area contributed by atoms with Gasteiger partial charge in [0.25, 0.3) is 0 Å². The SMILES string of the molecule is O=C(O)c1cc(F)c(OCC(C2CCCCC2)n2c(-c3ccc(Cl)cc3)nc3ccccc32)c(F)c1. The zero-order valence-electron chi connectivity index (χ0n) is 19.5. The smallest absolute Gasteiger partial charge is 0.335 e. The molecule has 3 aromatic carbocycles. The largest absolute Gasteiger partial charge is 0.485 e. The first kappa shape index (κ1) is 24.3. The second-order valence-corrected chi connectivity index (χ2v) is 9.59. The number of halogens is 3. The Hall–Kier alpha value is -3.45. The van der Waals surface area contributed by atoms with Crippen LogP contribution in [0, 0.1) is 17.6 Å². The Kier molecular flexibility index (Phi) is 6.92. The van der Waals surface area contributed by atoms with Gasteiger partial charge >= 0.3 is 5.97 Å². The molecule has 0 radical (unpaired) electrons. The number of carbonyl (C=O) groups is 1. The van der Waals surface area contributed by atoms with Crippen molar-refractivity contribution in [1.29, 1.82) is 0 Å². The van der Waals surface area contributed by atoms with Crippen molar-refractivity contribution in [3.05, 3.63) is 82.9 Å². The molecule has 186 valence electrons. The summed E-state index contributed by atoms with van der Waals surface area (Å²) in [5, 5.41) is 9.72. The number of aromatic carboxylic acids is 1. The Balaban J connectivity index is 1.59. The molecule has 1 saturated carbocycles. The molecule has 1 heterocycles. The standard InChI is InChI=1S/C28H25ClF2N2O3/c29-20-12-10-18(11-13-20)27-32-23-8-4-5-9-24(23)33(27)25(17-6-2-1-3-7-17)16-36-26-21(30)14-19(28(34)35)15-22(26)31/h4-5,8-15,17,25H,1-3,6-7,16H2,(H,34,35). The summed E-state index contributed by atoms with van der Waals surface area (Å²) in [6.07, 6.45) is 5.21. The number of nitrogens with zero attached hydrogens (tertiary/aromatic N) is 2. The number of aromatic nitrogens is 2. The zero-order valence-corrected chi connectivity index (χ0v) is 20.2. The molecule has 0 aliphatic heterocycles. The number of carboxylic acids is 1. The number of hydrogen-bond acceptors (Lipinski definition) is 3. The van der Waals surface area contributed by atoms with Gasteiger partial charge < -0.3 is 14.4 Å². The quantitative estimate of drug-likeness (QED) is 0.279. The topological polar surface area (TPSA) is 64.3 Å². The van der Waals surface area contributed by atoms with Crippen molar-refractivity contribution in [3.63, 3.8) is 0 Å². The van der Waals surface area contributed by atoms with Crippen molar-refractivity contribution >= 4 is 28.6 Å². The number of ether oxygens (including phenoxy) is 1. The van der Waals surface area contributed by atoms with Gasteiger partial charge in [-0.2, -0.15) is 0 Å². The van der Waals surface area contributed by atoms with Crippen LogP contribution >= 0.6 is 11.6 Å². The first-order chi connectivity index (χ1) is 17.4. The number of benzene rings is 3. The molecule has 5 nitrogen and oxygen atoms in total. The van der Waals surface area contributed by atoms with Gasteiger partial charge in [-0.3, -0.25) is 0 Å². The molecular formula is C28H25ClF2N2O3. The summed E-state index contributed by atoms with van der Waals surface area (Å²) >= 11 is 6.12. The number of para-hydroxylation sites is 2. The molecular weight excluding hydrogens is 486 g/mol. The molecule has 1 N–H and O–H groups in total. The van der Waals surface area contributed by atoms with Crippen LogP contribution in [0.15, 0.2) is 60.7 Å². The monoisotopic (exact) mass is 510 g/mol. The summed E-state index contributed by atoms with van der Waals surface area (Å²) in [4.78, 5) is 16.1. The van der Waals surface area contributed by atoms with Gasteiger partial charge in [-0.1, -0.05) is 43.0 Å². The van der Waals surface area contributed by atoms with Gasteiger partial charge in [0, 0.05) is 10.6 Å². The predicted molar refractivity (Wildman–Crippen MR) is 135 cm³/mol. The van der Waals surface area contributed by atoms with Crippen LogP contribution in [0.4, 0.5) is 8.78 Å². The first-order valence-electron chi connectivity index (χ1n) is 12.0. The maximum absolute atomic E-state index is 14.7. The van der Waals surface area contributed by atoms with Gasteiger partial charge in [0.05, 0.1) is 22.6 Å². The van der Waals surface area contributed by atoms with Gasteiger partial charge in [-0.25, -0.2) is 18.6 Å². The lowest BCUT2D eigenvalue weighted by Gasteiger charge is -2.32. The molecule has 1 aliphatic rings. The number of fused-ring (bicyclic) bond motifs is 1. The van der Waals surface area contributed by atoms with Crippen LogP contribution < -0.4 is 4.74 Å². The molecule has 1 aliphatic carbocycles. The lowest BCUT2D eigenvalue weighted by molar-refractivity contribution is 0.0695. The van der Waals surface area contributed by atoms with E-state index in [0.29, 0.717) is 5.02 Å². The number of carboxylic acid groups (broad SMARTS) is 1. The highest BCUT2D eigenvalue weighted by Gasteiger charge is 2.30. The van der Waals surface area contributed by atoms with E-state index in [2.05, 4.69) is 4.57 Å². The molecule has 5 rings (SSSR count). The molecule has 0 spiro atoms. The molecule has 1 unspecified atom stereocenters. The normalized spacial score (nSPS) is 15.2. The molecule has 0 bridgehead atoms. The summed E-state index contributed by atoms with van der Waals surface area (Å²) in [6, 6.07) is 16.5. The van der Waals surface area contributed by atoms with E-state index in [0.717, 1.165) is 66.7 Å². The highest BCUT2D eigenvalue weighted by atomic mass is 35.5. The minimum atomic E-state index is -1.41. The van der Waals surface area contributed by atoms with Gasteiger partial charge in [-0.15, -0.1) is 0 Å². The Morgan fingerprint density at radius 2 is 1.72 bits per heavy atom. The fraction of sp³-hybridized carbons (Fsp3) is 0.286. The summed E-state index contributed by atoms with van der Waals surface area (Å²) in [5.74, 6) is -3.11. The predicted octanol–water partition coefficient (Wildman–Crippen LogP) is 7.53. The first-order valence-corrected chi connectivity index (χ1v) is 12.4. The summed E-state index contributed by atoms with van der Waals surface area (Å²) in [5.41, 5.74) is 2.13. The van der Waals surface area contributed by atoms with E-state index in [1.807, 2.05) is 36.4 Å². The maximum Gasteiger partial charge on any atom is 0.335 e. The van der Waals surface area contributed by atoms with Gasteiger partial charge in [0.1, 0.15) is 12.4 Å². The van der Waals surface area contributed by atoms with Gasteiger partial charge in [0.15, 0.2) is 17.4 Å². The Labute approximate surface area is 212 Å². The van der Waals surface area contributed by atoms with E-state index < -0.39 is 28.9 Å². The lowest BCUT2D eigenvalue weighted by atomic mass is 9.83. The summed E-state index contributed by atoms with van der Waals surface area (Å²) in [6.45, 7) is 0.00582. The van der Waals surface area contributed by atoms with Crippen molar-refractivity contribution < 1.29 is 23.4 Å². The summed E-state index contributed by atoms with van der Waals surface area (Å²) < 4.78 is 37.3. The highest BCUT2D eigenvalue weighted by molar-refractivity contribution is 6.30. The third-order valence-corrected chi connectivity index (χ3v) is 7.12. The van der Waals surface area contributed by atoms with Crippen molar-refractivity contribution in [3.8, 4) is 17.1 Å². The summed E-state index contributed by atoms with van der Waals surface area (Å²) in [7, 11) is 0. The third-order valence-electron chi connectivity index (χ3n) is 6.87. The zero-order chi connectivity index (χ0) is 25.2. The van der Waals surface area contributed by atoms with E-state index in [1.165, 1.54) is 0 Å². The Morgan fingerprint density at radius 3 is 2.39 bits per heavy atom. The second kappa shape index (κ2) is 10.3. The molecule has 1 atom stereocenters. The average Bonchev–Trinajstić information content (AvgIpc) is 3.26. The molecule has 0 amide bonds. The van der Waals surface area contributed by atoms with E-state index in [-0.39, 0.29) is 18.6 Å². The van der Waals surface area contributed by atoms with Crippen LogP contribution in [0.1, 0.15) is 48.5 Å². The second-order valence-electron chi connectivity index (χ2n) is 9.15. The minimum absolute atomic E-state index is 0.00582. The molecule has 0 saturated heterocycles. The van der Waals surface area contributed by atoms with Crippen LogP contribution in [-0.4, -0.2) is 27.2 Å². The Morgan fingerprint density at radius 1 is 1.06 bits per heavy atom. The third kappa shape index (κ3) is 4.80. The number of rotatable bonds is 7. The fourth-order valence-electron chi connectivity index (χ4n) is 5.11. The number of imidazole rings is 1. The molecule has 36 heavy (non-hydrogen) atoms. The van der Waals surface area contributed by atoms with Crippen molar-refractivity contribution in [2.24, 2.45) is 5.92 Å². The van der Waals surface area contributed by atoms with E-state index in [1.54, 1.807) is 12.1 Å². The van der Waals surface area contributed by atoms with E-state index >= 15 is 0 Å². The minimum Gasteiger partial charge on any atom is -0.485 e. The number of hydrogen-bond donors (Lipinski definition) is 1. The van der Waals surface area contributed by atoms with E-state index in [4.69, 9.17) is 26.4 Å². The van der Waals surface area contributed by atoms with Crippen LogP contribution in [0.25, 0.3) is 22.4 Å². The van der Waals surface area contributed by atoms with Gasteiger partial charge in [-0.05, 0) is 67.3 Å². The lowest BCUT2D eigenvalue weighted by Crippen LogP contribution is -2.28. The molecule has 1 fully saturated rings. The van der Waals surface area contributed by atoms with Gasteiger partial charge in [0.2, 0.25) is 0 Å². The van der Waals surface area contributed by atoms with Crippen molar-refractivity contribution in [2.75, 3.05) is 6.61 Å². The van der Waals surface area contributed by atoms with Crippen molar-refractivity contribution in [2.45, 2.75) is 38.1 Å². The van der Waals surface area contributed by atoms with Crippen LogP contribution in [-0.2, 0) is 0 Å². The Bertz CT molecular complexity index is 1370. The average molecular weight is 511 g/mol. The van der Waals surface area contributed by atoms with Crippen LogP contribution in [0.5, 0.6) is 5.75 Å². The molecule has 1 aromatic heterocycles. The molecule has 4 aromatic rings. The van der Waals surface area contributed by atoms with E-state index in [9.17, 15) is 13.6 Å². The molecule has 8 heteroatoms. The fourth-order valence-corrected chi connectivity index (χ4v) is 5.24. The van der Waals surface area contributed by atoms with Crippen LogP contribution in [0.2, 0.25) is 5.02 Å². The van der Waals surface area contributed by atoms with Crippen molar-refractivity contribution in [1.82, 2.24) is 9.55 Å².